The lowest BCUT2D eigenvalue weighted by atomic mass is 10.2. The highest BCUT2D eigenvalue weighted by Gasteiger charge is 2.28. The zero-order chi connectivity index (χ0) is 24.4. The normalized spacial score (nSPS) is 11.8. The molecule has 0 saturated carbocycles. The Morgan fingerprint density at radius 3 is 2.45 bits per heavy atom. The van der Waals surface area contributed by atoms with Gasteiger partial charge in [-0.25, -0.2) is 22.9 Å². The molecule has 3 aromatic rings. The fourth-order valence-corrected chi connectivity index (χ4v) is 4.44. The van der Waals surface area contributed by atoms with Crippen molar-refractivity contribution < 1.29 is 22.7 Å². The molecule has 0 N–H and O–H groups in total. The second-order valence-electron chi connectivity index (χ2n) is 8.21. The number of halogens is 1. The molecule has 1 aromatic carbocycles. The molecule has 1 amide bonds. The van der Waals surface area contributed by atoms with Gasteiger partial charge in [0, 0.05) is 25.4 Å². The van der Waals surface area contributed by atoms with E-state index in [-0.39, 0.29) is 22.3 Å². The lowest BCUT2D eigenvalue weighted by Gasteiger charge is -2.24. The predicted molar refractivity (Wildman–Crippen MR) is 123 cm³/mol. The molecule has 0 aliphatic heterocycles. The first-order valence-electron chi connectivity index (χ1n) is 9.95. The maximum absolute atomic E-state index is 13.5. The Labute approximate surface area is 197 Å². The van der Waals surface area contributed by atoms with Gasteiger partial charge >= 0.3 is 6.09 Å². The summed E-state index contributed by atoms with van der Waals surface area (Å²) >= 11 is 6.34. The summed E-state index contributed by atoms with van der Waals surface area (Å²) < 4.78 is 38.6. The molecular formula is C22H25ClN4O5S. The number of methoxy groups -OCH3 is 1. The van der Waals surface area contributed by atoms with Gasteiger partial charge in [-0.1, -0.05) is 23.7 Å². The fraction of sp³-hybridized carbons (Fsp3) is 0.318. The average Bonchev–Trinajstić information content (AvgIpc) is 3.17. The maximum atomic E-state index is 13.5. The summed E-state index contributed by atoms with van der Waals surface area (Å²) in [5, 5.41) is 4.65. The summed E-state index contributed by atoms with van der Waals surface area (Å²) in [6, 6.07) is 11.0. The topological polar surface area (TPSA) is 104 Å². The lowest BCUT2D eigenvalue weighted by Crippen LogP contribution is -2.33. The Kier molecular flexibility index (Phi) is 6.99. The van der Waals surface area contributed by atoms with Crippen LogP contribution in [0.2, 0.25) is 5.02 Å². The van der Waals surface area contributed by atoms with Crippen LogP contribution in [0.5, 0.6) is 5.88 Å². The molecule has 0 radical (unpaired) electrons. The van der Waals surface area contributed by atoms with Gasteiger partial charge in [0.1, 0.15) is 5.60 Å². The van der Waals surface area contributed by atoms with E-state index in [1.165, 1.54) is 41.1 Å². The summed E-state index contributed by atoms with van der Waals surface area (Å²) in [7, 11) is -1.05. The second kappa shape index (κ2) is 9.40. The van der Waals surface area contributed by atoms with Gasteiger partial charge in [-0.2, -0.15) is 5.10 Å². The third-order valence-corrected chi connectivity index (χ3v) is 6.44. The SMILES string of the molecule is COc1ccc(S(=O)(=O)c2cc(CN(C)C(=O)OC(C)(C)C)nn2-c2ccccc2Cl)cn1. The molecule has 0 aliphatic rings. The summed E-state index contributed by atoms with van der Waals surface area (Å²) in [5.41, 5.74) is 0.0479. The molecule has 0 aliphatic carbocycles. The number of aromatic nitrogens is 3. The van der Waals surface area contributed by atoms with Crippen LogP contribution in [-0.2, 0) is 21.1 Å². The van der Waals surface area contributed by atoms with E-state index in [4.69, 9.17) is 21.1 Å². The van der Waals surface area contributed by atoms with Crippen LogP contribution in [0, 0.1) is 0 Å². The zero-order valence-corrected chi connectivity index (χ0v) is 20.5. The molecule has 3 rings (SSSR count). The molecule has 0 spiro atoms. The Bertz CT molecular complexity index is 1250. The van der Waals surface area contributed by atoms with E-state index in [1.54, 1.807) is 52.1 Å². The van der Waals surface area contributed by atoms with E-state index in [0.717, 1.165) is 0 Å². The standard InChI is InChI=1S/C22H25ClN4O5S/c1-22(2,3)32-21(28)26(4)14-15-12-20(27(25-15)18-9-7-6-8-17(18)23)33(29,30)16-10-11-19(31-5)24-13-16/h6-13H,14H2,1-5H3. The molecule has 0 saturated heterocycles. The van der Waals surface area contributed by atoms with Gasteiger partial charge < -0.3 is 14.4 Å². The smallest absolute Gasteiger partial charge is 0.410 e. The summed E-state index contributed by atoms with van der Waals surface area (Å²) in [6.45, 7) is 5.31. The number of benzene rings is 1. The molecular weight excluding hydrogens is 468 g/mol. The van der Waals surface area contributed by atoms with Crippen LogP contribution < -0.4 is 4.74 Å². The van der Waals surface area contributed by atoms with Gasteiger partial charge in [0.05, 0.1) is 35.0 Å². The van der Waals surface area contributed by atoms with Crippen molar-refractivity contribution in [1.82, 2.24) is 19.7 Å². The number of sulfone groups is 1. The zero-order valence-electron chi connectivity index (χ0n) is 18.9. The Balaban J connectivity index is 2.06. The number of para-hydroxylation sites is 1. The second-order valence-corrected chi connectivity index (χ2v) is 10.5. The minimum absolute atomic E-state index is 0.0236. The quantitative estimate of drug-likeness (QED) is 0.509. The van der Waals surface area contributed by atoms with E-state index in [9.17, 15) is 13.2 Å². The molecule has 9 nitrogen and oxygen atoms in total. The largest absolute Gasteiger partial charge is 0.481 e. The number of carbonyl (C=O) groups excluding carboxylic acids is 1. The van der Waals surface area contributed by atoms with Crippen molar-refractivity contribution in [3.63, 3.8) is 0 Å². The number of rotatable bonds is 6. The molecule has 176 valence electrons. The van der Waals surface area contributed by atoms with Gasteiger partial charge in [-0.15, -0.1) is 0 Å². The Morgan fingerprint density at radius 1 is 1.18 bits per heavy atom. The summed E-state index contributed by atoms with van der Waals surface area (Å²) in [4.78, 5) is 17.6. The molecule has 33 heavy (non-hydrogen) atoms. The van der Waals surface area contributed by atoms with Crippen molar-refractivity contribution in [3.05, 3.63) is 59.4 Å². The number of pyridine rings is 1. The van der Waals surface area contributed by atoms with Gasteiger partial charge in [-0.3, -0.25) is 0 Å². The van der Waals surface area contributed by atoms with E-state index in [1.807, 2.05) is 0 Å². The van der Waals surface area contributed by atoms with Crippen LogP contribution in [0.3, 0.4) is 0 Å². The van der Waals surface area contributed by atoms with Crippen LogP contribution >= 0.6 is 11.6 Å². The fourth-order valence-electron chi connectivity index (χ4n) is 2.89. The van der Waals surface area contributed by atoms with Crippen LogP contribution in [0.15, 0.2) is 58.6 Å². The van der Waals surface area contributed by atoms with E-state index in [2.05, 4.69) is 10.1 Å². The average molecular weight is 493 g/mol. The first kappa shape index (κ1) is 24.5. The number of amides is 1. The number of carbonyl (C=O) groups is 1. The highest BCUT2D eigenvalue weighted by atomic mass is 35.5. The number of hydrogen-bond donors (Lipinski definition) is 0. The van der Waals surface area contributed by atoms with Crippen molar-refractivity contribution in [2.45, 2.75) is 42.8 Å². The molecule has 2 heterocycles. The summed E-state index contributed by atoms with van der Waals surface area (Å²) in [5.74, 6) is 0.285. The number of hydrogen-bond acceptors (Lipinski definition) is 7. The van der Waals surface area contributed by atoms with E-state index >= 15 is 0 Å². The third kappa shape index (κ3) is 5.63. The number of ether oxygens (including phenoxy) is 2. The van der Waals surface area contributed by atoms with Crippen molar-refractivity contribution in [2.75, 3.05) is 14.2 Å². The molecule has 2 aromatic heterocycles. The van der Waals surface area contributed by atoms with Crippen molar-refractivity contribution in [2.24, 2.45) is 0 Å². The minimum atomic E-state index is -4.03. The molecule has 0 atom stereocenters. The molecule has 0 fully saturated rings. The predicted octanol–water partition coefficient (Wildman–Crippen LogP) is 4.13. The van der Waals surface area contributed by atoms with Crippen LogP contribution in [0.25, 0.3) is 5.69 Å². The van der Waals surface area contributed by atoms with Crippen molar-refractivity contribution in [1.29, 1.82) is 0 Å². The van der Waals surface area contributed by atoms with Gasteiger partial charge in [0.25, 0.3) is 0 Å². The van der Waals surface area contributed by atoms with Crippen LogP contribution in [0.1, 0.15) is 26.5 Å². The first-order valence-corrected chi connectivity index (χ1v) is 11.8. The van der Waals surface area contributed by atoms with Crippen LogP contribution in [0.4, 0.5) is 4.79 Å². The Hall–Kier alpha value is -3.11. The van der Waals surface area contributed by atoms with Gasteiger partial charge in [0.2, 0.25) is 15.7 Å². The van der Waals surface area contributed by atoms with E-state index in [0.29, 0.717) is 16.4 Å². The monoisotopic (exact) mass is 492 g/mol. The highest BCUT2D eigenvalue weighted by Crippen LogP contribution is 2.28. The van der Waals surface area contributed by atoms with Gasteiger partial charge in [-0.05, 0) is 39.0 Å². The first-order chi connectivity index (χ1) is 15.4. The summed E-state index contributed by atoms with van der Waals surface area (Å²) in [6.07, 6.45) is 0.656. The van der Waals surface area contributed by atoms with Crippen LogP contribution in [-0.4, -0.2) is 53.9 Å². The molecule has 0 unspecified atom stereocenters. The van der Waals surface area contributed by atoms with E-state index < -0.39 is 21.5 Å². The third-order valence-electron chi connectivity index (χ3n) is 4.42. The highest BCUT2D eigenvalue weighted by molar-refractivity contribution is 7.91. The van der Waals surface area contributed by atoms with Crippen molar-refractivity contribution in [3.8, 4) is 11.6 Å². The maximum Gasteiger partial charge on any atom is 0.410 e. The number of nitrogens with zero attached hydrogens (tertiary/aromatic N) is 4. The van der Waals surface area contributed by atoms with Gasteiger partial charge in [0.15, 0.2) is 5.03 Å². The van der Waals surface area contributed by atoms with Crippen molar-refractivity contribution >= 4 is 27.5 Å². The lowest BCUT2D eigenvalue weighted by molar-refractivity contribution is 0.0283. The molecule has 11 heteroatoms. The Morgan fingerprint density at radius 2 is 1.88 bits per heavy atom. The molecule has 0 bridgehead atoms. The minimum Gasteiger partial charge on any atom is -0.481 e.